The number of carbonyl (C=O) groups excluding carboxylic acids is 1. The number of thioether (sulfide) groups is 1. The van der Waals surface area contributed by atoms with Crippen LogP contribution < -0.4 is 15.4 Å². The molecule has 1 amide bonds. The van der Waals surface area contributed by atoms with Gasteiger partial charge in [0.2, 0.25) is 5.91 Å². The number of rotatable bonds is 12. The van der Waals surface area contributed by atoms with Gasteiger partial charge in [-0.25, -0.2) is 0 Å². The Hall–Kier alpha value is -2.22. The first kappa shape index (κ1) is 25.4. The second-order valence-electron chi connectivity index (χ2n) is 9.37. The maximum atomic E-state index is 12.5. The monoisotopic (exact) mass is 473 g/mol. The molecule has 33 heavy (non-hydrogen) atoms. The Morgan fingerprint density at radius 3 is 2.70 bits per heavy atom. The summed E-state index contributed by atoms with van der Waals surface area (Å²) in [7, 11) is 1.67. The molecule has 0 aliphatic heterocycles. The molecule has 7 nitrogen and oxygen atoms in total. The molecular weight excluding hydrogens is 434 g/mol. The van der Waals surface area contributed by atoms with E-state index in [4.69, 9.17) is 4.74 Å². The van der Waals surface area contributed by atoms with Gasteiger partial charge < -0.3 is 19.9 Å². The average Bonchev–Trinajstić information content (AvgIpc) is 3.23. The van der Waals surface area contributed by atoms with Gasteiger partial charge in [0.15, 0.2) is 11.0 Å². The number of methoxy groups -OCH3 is 1. The number of hydrogen-bond acceptors (Lipinski definition) is 6. The van der Waals surface area contributed by atoms with Crippen LogP contribution in [0.5, 0.6) is 5.75 Å². The molecule has 1 saturated carbocycles. The smallest absolute Gasteiger partial charge is 0.230 e. The number of benzene rings is 1. The van der Waals surface area contributed by atoms with Crippen molar-refractivity contribution in [1.29, 1.82) is 0 Å². The zero-order valence-electron chi connectivity index (χ0n) is 20.5. The molecule has 0 spiro atoms. The lowest BCUT2D eigenvalue weighted by Crippen LogP contribution is -2.34. The fraction of sp³-hybridized carbons (Fsp3) is 0.640. The number of ether oxygens (including phenoxy) is 1. The van der Waals surface area contributed by atoms with Crippen LogP contribution in [0.2, 0.25) is 0 Å². The molecule has 1 aliphatic carbocycles. The van der Waals surface area contributed by atoms with Crippen molar-refractivity contribution in [3.05, 3.63) is 30.1 Å². The summed E-state index contributed by atoms with van der Waals surface area (Å²) in [6.45, 7) is 7.08. The maximum Gasteiger partial charge on any atom is 0.230 e. The molecule has 2 N–H and O–H groups in total. The molecule has 0 saturated heterocycles. The van der Waals surface area contributed by atoms with Gasteiger partial charge in [-0.3, -0.25) is 4.79 Å². The van der Waals surface area contributed by atoms with Gasteiger partial charge in [-0.15, -0.1) is 10.2 Å². The van der Waals surface area contributed by atoms with Crippen LogP contribution in [0, 0.1) is 5.92 Å². The fourth-order valence-corrected chi connectivity index (χ4v) is 5.08. The van der Waals surface area contributed by atoms with Gasteiger partial charge in [-0.1, -0.05) is 50.9 Å². The molecule has 3 rings (SSSR count). The lowest BCUT2D eigenvalue weighted by molar-refractivity contribution is -0.119. The number of aromatic nitrogens is 3. The molecule has 1 heterocycles. The molecular formula is C25H39N5O2S. The van der Waals surface area contributed by atoms with E-state index in [0.717, 1.165) is 48.1 Å². The molecule has 182 valence electrons. The van der Waals surface area contributed by atoms with Crippen LogP contribution in [0.1, 0.15) is 77.6 Å². The highest BCUT2D eigenvalue weighted by Crippen LogP contribution is 2.33. The zero-order chi connectivity index (χ0) is 23.6. The van der Waals surface area contributed by atoms with Crippen molar-refractivity contribution >= 4 is 23.4 Å². The Morgan fingerprint density at radius 1 is 1.18 bits per heavy atom. The van der Waals surface area contributed by atoms with Crippen molar-refractivity contribution in [2.45, 2.75) is 89.5 Å². The Balaban J connectivity index is 1.64. The van der Waals surface area contributed by atoms with Crippen LogP contribution >= 0.6 is 11.8 Å². The summed E-state index contributed by atoms with van der Waals surface area (Å²) in [5.74, 6) is 2.80. The Labute approximate surface area is 202 Å². The lowest BCUT2D eigenvalue weighted by Gasteiger charge is -2.25. The highest BCUT2D eigenvalue weighted by molar-refractivity contribution is 7.99. The molecule has 0 bridgehead atoms. The summed E-state index contributed by atoms with van der Waals surface area (Å²) >= 11 is 1.49. The van der Waals surface area contributed by atoms with E-state index in [-0.39, 0.29) is 11.9 Å². The summed E-state index contributed by atoms with van der Waals surface area (Å²) in [5.41, 5.74) is 0.983. The molecule has 1 aromatic heterocycles. The molecule has 1 atom stereocenters. The number of hydrogen-bond donors (Lipinski definition) is 2. The second-order valence-corrected chi connectivity index (χ2v) is 10.3. The van der Waals surface area contributed by atoms with Crippen LogP contribution in [-0.4, -0.2) is 39.6 Å². The topological polar surface area (TPSA) is 81.1 Å². The maximum absolute atomic E-state index is 12.5. The van der Waals surface area contributed by atoms with Crippen LogP contribution in [-0.2, 0) is 11.3 Å². The summed E-state index contributed by atoms with van der Waals surface area (Å²) in [4.78, 5) is 12.5. The highest BCUT2D eigenvalue weighted by Gasteiger charge is 2.23. The Kier molecular flexibility index (Phi) is 9.91. The van der Waals surface area contributed by atoms with Crippen molar-refractivity contribution in [2.24, 2.45) is 5.92 Å². The van der Waals surface area contributed by atoms with E-state index >= 15 is 0 Å². The first-order valence-electron chi connectivity index (χ1n) is 12.2. The second kappa shape index (κ2) is 12.9. The highest BCUT2D eigenvalue weighted by atomic mass is 32.2. The van der Waals surface area contributed by atoms with Crippen molar-refractivity contribution < 1.29 is 9.53 Å². The van der Waals surface area contributed by atoms with Crippen molar-refractivity contribution in [1.82, 2.24) is 20.1 Å². The van der Waals surface area contributed by atoms with Gasteiger partial charge in [-0.05, 0) is 50.7 Å². The third kappa shape index (κ3) is 7.95. The van der Waals surface area contributed by atoms with Gasteiger partial charge in [0.1, 0.15) is 5.75 Å². The molecule has 1 aliphatic rings. The van der Waals surface area contributed by atoms with Crippen molar-refractivity contribution in [2.75, 3.05) is 18.2 Å². The molecule has 1 aromatic carbocycles. The minimum atomic E-state index is 0.0607. The summed E-state index contributed by atoms with van der Waals surface area (Å²) in [6, 6.07) is 8.48. The first-order valence-corrected chi connectivity index (χ1v) is 13.2. The van der Waals surface area contributed by atoms with Crippen LogP contribution in [0.25, 0.3) is 0 Å². The minimum Gasteiger partial charge on any atom is -0.497 e. The number of anilines is 1. The van der Waals surface area contributed by atoms with Crippen molar-refractivity contribution in [3.8, 4) is 5.75 Å². The predicted molar refractivity (Wildman–Crippen MR) is 135 cm³/mol. The Bertz CT molecular complexity index is 879. The number of carbonyl (C=O) groups is 1. The molecule has 1 unspecified atom stereocenters. The van der Waals surface area contributed by atoms with E-state index < -0.39 is 0 Å². The van der Waals surface area contributed by atoms with Gasteiger partial charge in [0.25, 0.3) is 0 Å². The minimum absolute atomic E-state index is 0.0607. The Morgan fingerprint density at radius 2 is 1.97 bits per heavy atom. The largest absolute Gasteiger partial charge is 0.497 e. The van der Waals surface area contributed by atoms with E-state index in [0.29, 0.717) is 24.3 Å². The van der Waals surface area contributed by atoms with E-state index in [1.807, 2.05) is 24.3 Å². The van der Waals surface area contributed by atoms with Gasteiger partial charge in [-0.2, -0.15) is 0 Å². The molecule has 0 radical (unpaired) electrons. The van der Waals surface area contributed by atoms with Gasteiger partial charge in [0.05, 0.1) is 19.4 Å². The number of nitrogens with zero attached hydrogens (tertiary/aromatic N) is 3. The third-order valence-corrected chi connectivity index (χ3v) is 7.06. The van der Waals surface area contributed by atoms with Crippen LogP contribution in [0.4, 0.5) is 5.69 Å². The summed E-state index contributed by atoms with van der Waals surface area (Å²) in [5, 5.41) is 16.4. The standard InChI is InChI=1S/C25H39N5O2S/c1-18(2)13-14-19(3)27-24(31)17-33-25-29-28-23(30(25)21-10-6-5-7-11-21)16-26-20-9-8-12-22(15-20)32-4/h8-9,12,15,18-19,21,26H,5-7,10-11,13-14,16-17H2,1-4H3,(H,27,31). The predicted octanol–water partition coefficient (Wildman–Crippen LogP) is 5.44. The molecule has 8 heteroatoms. The number of amides is 1. The normalized spacial score (nSPS) is 15.4. The fourth-order valence-electron chi connectivity index (χ4n) is 4.25. The summed E-state index contributed by atoms with van der Waals surface area (Å²) < 4.78 is 7.59. The SMILES string of the molecule is COc1cccc(NCc2nnc(SCC(=O)NC(C)CCC(C)C)n2C2CCCCC2)c1. The van der Waals surface area contributed by atoms with E-state index in [2.05, 4.69) is 46.2 Å². The molecule has 2 aromatic rings. The van der Waals surface area contributed by atoms with Gasteiger partial charge >= 0.3 is 0 Å². The summed E-state index contributed by atoms with van der Waals surface area (Å²) in [6.07, 6.45) is 8.13. The quantitative estimate of drug-likeness (QED) is 0.400. The van der Waals surface area contributed by atoms with E-state index in [1.165, 1.54) is 31.0 Å². The average molecular weight is 474 g/mol. The number of nitrogens with one attached hydrogen (secondary N) is 2. The van der Waals surface area contributed by atoms with E-state index in [1.54, 1.807) is 7.11 Å². The first-order chi connectivity index (χ1) is 16.0. The zero-order valence-corrected chi connectivity index (χ0v) is 21.3. The van der Waals surface area contributed by atoms with Crippen LogP contribution in [0.3, 0.4) is 0 Å². The van der Waals surface area contributed by atoms with Gasteiger partial charge in [0, 0.05) is 23.8 Å². The van der Waals surface area contributed by atoms with Crippen molar-refractivity contribution in [3.63, 3.8) is 0 Å². The lowest BCUT2D eigenvalue weighted by atomic mass is 9.95. The van der Waals surface area contributed by atoms with E-state index in [9.17, 15) is 4.79 Å². The third-order valence-electron chi connectivity index (χ3n) is 6.11. The van der Waals surface area contributed by atoms with Crippen LogP contribution in [0.15, 0.2) is 29.4 Å². The molecule has 1 fully saturated rings.